The predicted molar refractivity (Wildman–Crippen MR) is 53.0 cm³/mol. The normalized spacial score (nSPS) is 27.2. The molecule has 13 heavy (non-hydrogen) atoms. The van der Waals surface area contributed by atoms with Crippen molar-refractivity contribution in [1.82, 2.24) is 15.5 Å². The zero-order valence-corrected chi connectivity index (χ0v) is 8.36. The molecule has 1 unspecified atom stereocenters. The molecule has 2 rings (SSSR count). The summed E-state index contributed by atoms with van der Waals surface area (Å²) in [4.78, 5) is 13.3. The number of nitrogens with zero attached hydrogens (tertiary/aromatic N) is 1. The third-order valence-corrected chi connectivity index (χ3v) is 2.56. The van der Waals surface area contributed by atoms with E-state index in [1.807, 2.05) is 6.92 Å². The third-order valence-electron chi connectivity index (χ3n) is 2.34. The molecular weight excluding hydrogens is 186 g/mol. The largest absolute Gasteiger partial charge is 0.356 e. The Kier molecular flexibility index (Phi) is 1.76. The lowest BCUT2D eigenvalue weighted by Crippen LogP contribution is -2.47. The van der Waals surface area contributed by atoms with Crippen LogP contribution in [0.4, 0.5) is 0 Å². The van der Waals surface area contributed by atoms with Crippen LogP contribution in [0.2, 0.25) is 0 Å². The van der Waals surface area contributed by atoms with E-state index in [-0.39, 0.29) is 11.9 Å². The van der Waals surface area contributed by atoms with Crippen molar-refractivity contribution in [2.75, 3.05) is 13.6 Å². The Morgan fingerprint density at radius 1 is 1.62 bits per heavy atom. The summed E-state index contributed by atoms with van der Waals surface area (Å²) in [6.07, 6.45) is 0. The minimum absolute atomic E-state index is 0.0289. The summed E-state index contributed by atoms with van der Waals surface area (Å²) in [5.41, 5.74) is 1.76. The van der Waals surface area contributed by atoms with E-state index in [0.717, 1.165) is 11.3 Å². The van der Waals surface area contributed by atoms with Crippen molar-refractivity contribution in [2.45, 2.75) is 13.0 Å². The van der Waals surface area contributed by atoms with Gasteiger partial charge in [0.05, 0.1) is 18.2 Å². The molecule has 0 fully saturated rings. The number of amides is 1. The zero-order valence-electron chi connectivity index (χ0n) is 7.55. The summed E-state index contributed by atoms with van der Waals surface area (Å²) >= 11 is 5.00. The smallest absolute Gasteiger partial charge is 0.253 e. The number of nitrogens with one attached hydrogen (secondary N) is 2. The number of thiocarbonyl (C=S) groups is 1. The highest BCUT2D eigenvalue weighted by Crippen LogP contribution is 2.21. The number of likely N-dealkylation sites (N-methyl/N-ethyl adjacent to an activating group) is 1. The molecule has 0 aromatic heterocycles. The van der Waals surface area contributed by atoms with E-state index in [1.54, 1.807) is 11.9 Å². The Labute approximate surface area is 82.0 Å². The first-order valence-corrected chi connectivity index (χ1v) is 4.56. The minimum atomic E-state index is 0.0289. The highest BCUT2D eigenvalue weighted by molar-refractivity contribution is 7.80. The number of carbonyl (C=O) groups is 1. The van der Waals surface area contributed by atoms with Gasteiger partial charge in [0, 0.05) is 12.7 Å². The Balaban J connectivity index is 2.37. The topological polar surface area (TPSA) is 44.4 Å². The molecule has 4 nitrogen and oxygen atoms in total. The Morgan fingerprint density at radius 3 is 3.00 bits per heavy atom. The first-order valence-electron chi connectivity index (χ1n) is 4.15. The van der Waals surface area contributed by atoms with Gasteiger partial charge in [0.25, 0.3) is 5.91 Å². The van der Waals surface area contributed by atoms with Gasteiger partial charge in [-0.3, -0.25) is 4.79 Å². The standard InChI is InChI=1S/C8H11N3OS/c1-4-6-5(10-8(13)9-4)3-11(2)7(6)12/h4H,3H2,1-2H3,(H2,9,10,13). The van der Waals surface area contributed by atoms with E-state index in [4.69, 9.17) is 12.2 Å². The van der Waals surface area contributed by atoms with Gasteiger partial charge in [-0.25, -0.2) is 0 Å². The molecule has 0 bridgehead atoms. The average molecular weight is 197 g/mol. The average Bonchev–Trinajstić information content (AvgIpc) is 2.27. The Bertz CT molecular complexity index is 323. The van der Waals surface area contributed by atoms with Crippen LogP contribution >= 0.6 is 12.2 Å². The van der Waals surface area contributed by atoms with Crippen LogP contribution in [0.1, 0.15) is 6.92 Å². The van der Waals surface area contributed by atoms with Gasteiger partial charge in [0.2, 0.25) is 0 Å². The van der Waals surface area contributed by atoms with Crippen molar-refractivity contribution in [3.63, 3.8) is 0 Å². The van der Waals surface area contributed by atoms with Gasteiger partial charge in [0.1, 0.15) is 0 Å². The minimum Gasteiger partial charge on any atom is -0.356 e. The highest BCUT2D eigenvalue weighted by atomic mass is 32.1. The second-order valence-corrected chi connectivity index (χ2v) is 3.78. The maximum Gasteiger partial charge on any atom is 0.253 e. The molecule has 0 radical (unpaired) electrons. The summed E-state index contributed by atoms with van der Waals surface area (Å²) in [7, 11) is 1.79. The maximum absolute atomic E-state index is 11.6. The summed E-state index contributed by atoms with van der Waals surface area (Å²) in [5.74, 6) is 0.0880. The molecule has 0 aliphatic carbocycles. The lowest BCUT2D eigenvalue weighted by Gasteiger charge is -2.23. The van der Waals surface area contributed by atoms with Crippen LogP contribution in [0.15, 0.2) is 11.3 Å². The van der Waals surface area contributed by atoms with Crippen LogP contribution in [0.5, 0.6) is 0 Å². The number of hydrogen-bond acceptors (Lipinski definition) is 2. The van der Waals surface area contributed by atoms with Crippen molar-refractivity contribution >= 4 is 23.2 Å². The first kappa shape index (κ1) is 8.50. The Hall–Kier alpha value is -1.10. The number of rotatable bonds is 0. The Morgan fingerprint density at radius 2 is 2.31 bits per heavy atom. The van der Waals surface area contributed by atoms with Crippen molar-refractivity contribution in [3.8, 4) is 0 Å². The van der Waals surface area contributed by atoms with E-state index in [1.165, 1.54) is 0 Å². The fourth-order valence-corrected chi connectivity index (χ4v) is 2.02. The van der Waals surface area contributed by atoms with Crippen LogP contribution in [-0.4, -0.2) is 35.6 Å². The van der Waals surface area contributed by atoms with E-state index >= 15 is 0 Å². The number of carbonyl (C=O) groups excluding carboxylic acids is 1. The van der Waals surface area contributed by atoms with Crippen molar-refractivity contribution < 1.29 is 4.79 Å². The van der Waals surface area contributed by atoms with Crippen LogP contribution in [0.25, 0.3) is 0 Å². The zero-order chi connectivity index (χ0) is 9.59. The fraction of sp³-hybridized carbons (Fsp3) is 0.500. The van der Waals surface area contributed by atoms with Gasteiger partial charge < -0.3 is 15.5 Å². The molecule has 0 aromatic carbocycles. The van der Waals surface area contributed by atoms with Crippen LogP contribution in [0.3, 0.4) is 0 Å². The van der Waals surface area contributed by atoms with Crippen LogP contribution < -0.4 is 10.6 Å². The van der Waals surface area contributed by atoms with E-state index in [0.29, 0.717) is 11.7 Å². The summed E-state index contributed by atoms with van der Waals surface area (Å²) in [6.45, 7) is 2.58. The highest BCUT2D eigenvalue weighted by Gasteiger charge is 2.34. The molecular formula is C8H11N3OS. The lowest BCUT2D eigenvalue weighted by atomic mass is 10.1. The molecule has 0 saturated heterocycles. The molecule has 1 atom stereocenters. The van der Waals surface area contributed by atoms with Crippen molar-refractivity contribution in [2.24, 2.45) is 0 Å². The molecule has 1 amide bonds. The molecule has 5 heteroatoms. The maximum atomic E-state index is 11.6. The molecule has 2 N–H and O–H groups in total. The van der Waals surface area contributed by atoms with Crippen molar-refractivity contribution in [1.29, 1.82) is 0 Å². The van der Waals surface area contributed by atoms with Gasteiger partial charge >= 0.3 is 0 Å². The molecule has 0 aromatic rings. The predicted octanol–water partition coefficient (Wildman–Crippen LogP) is -0.421. The van der Waals surface area contributed by atoms with Gasteiger partial charge in [-0.05, 0) is 19.1 Å². The molecule has 2 aliphatic rings. The third kappa shape index (κ3) is 1.19. The fourth-order valence-electron chi connectivity index (χ4n) is 1.72. The quantitative estimate of drug-likeness (QED) is 0.518. The molecule has 70 valence electrons. The summed E-state index contributed by atoms with van der Waals surface area (Å²) < 4.78 is 0. The molecule has 2 aliphatic heterocycles. The molecule has 2 heterocycles. The first-order chi connectivity index (χ1) is 6.09. The summed E-state index contributed by atoms with van der Waals surface area (Å²) in [5, 5.41) is 6.63. The van der Waals surface area contributed by atoms with E-state index in [9.17, 15) is 4.79 Å². The second-order valence-electron chi connectivity index (χ2n) is 3.37. The molecule has 0 spiro atoms. The lowest BCUT2D eigenvalue weighted by molar-refractivity contribution is -0.124. The van der Waals surface area contributed by atoms with Gasteiger partial charge in [-0.1, -0.05) is 0 Å². The van der Waals surface area contributed by atoms with Crippen molar-refractivity contribution in [3.05, 3.63) is 11.3 Å². The van der Waals surface area contributed by atoms with Crippen LogP contribution in [-0.2, 0) is 4.79 Å². The SMILES string of the molecule is CC1NC(=S)NC2=C1C(=O)N(C)C2. The summed E-state index contributed by atoms with van der Waals surface area (Å²) in [6, 6.07) is 0.0289. The second kappa shape index (κ2) is 2.70. The molecule has 0 saturated carbocycles. The van der Waals surface area contributed by atoms with Gasteiger partial charge in [-0.2, -0.15) is 0 Å². The van der Waals surface area contributed by atoms with E-state index < -0.39 is 0 Å². The monoisotopic (exact) mass is 197 g/mol. The number of hydrogen-bond donors (Lipinski definition) is 2. The van der Waals surface area contributed by atoms with Gasteiger partial charge in [-0.15, -0.1) is 0 Å². The van der Waals surface area contributed by atoms with E-state index in [2.05, 4.69) is 10.6 Å². The van der Waals surface area contributed by atoms with Gasteiger partial charge in [0.15, 0.2) is 5.11 Å². The van der Waals surface area contributed by atoms with Crippen LogP contribution in [0, 0.1) is 0 Å².